The Morgan fingerprint density at radius 2 is 2.00 bits per heavy atom. The lowest BCUT2D eigenvalue weighted by Crippen LogP contribution is -2.24. The first-order valence-electron chi connectivity index (χ1n) is 5.79. The predicted octanol–water partition coefficient (Wildman–Crippen LogP) is 3.12. The second-order valence-corrected chi connectivity index (χ2v) is 5.63. The molecule has 1 aromatic carbocycles. The monoisotopic (exact) mass is 237 g/mol. The molecule has 2 nitrogen and oxygen atoms in total. The minimum absolute atomic E-state index is 0.392. The molecule has 1 heterocycles. The first-order valence-corrected chi connectivity index (χ1v) is 6.84. The lowest BCUT2D eigenvalue weighted by atomic mass is 10.1. The van der Waals surface area contributed by atoms with Gasteiger partial charge in [0.15, 0.2) is 0 Å². The highest BCUT2D eigenvalue weighted by Gasteiger charge is 2.24. The van der Waals surface area contributed by atoms with Gasteiger partial charge in [0.25, 0.3) is 0 Å². The molecule has 3 heteroatoms. The normalized spacial score (nSPS) is 24.9. The maximum absolute atomic E-state index is 9.74. The molecule has 0 bridgehead atoms. The lowest BCUT2D eigenvalue weighted by Gasteiger charge is -2.15. The SMILES string of the molecule is CCC1CSC(c2cc(C)c(O)c(C)c2)N1. The number of aryl methyl sites for hydroxylation is 2. The van der Waals surface area contributed by atoms with Gasteiger partial charge in [-0.2, -0.15) is 0 Å². The first-order chi connectivity index (χ1) is 7.61. The molecule has 0 aromatic heterocycles. The zero-order valence-electron chi connectivity index (χ0n) is 10.1. The van der Waals surface area contributed by atoms with Gasteiger partial charge in [-0.05, 0) is 49.1 Å². The highest BCUT2D eigenvalue weighted by atomic mass is 32.2. The first kappa shape index (κ1) is 11.8. The van der Waals surface area contributed by atoms with E-state index in [4.69, 9.17) is 0 Å². The van der Waals surface area contributed by atoms with Crippen LogP contribution in [0.5, 0.6) is 5.75 Å². The van der Waals surface area contributed by atoms with Crippen LogP contribution in [-0.2, 0) is 0 Å². The van der Waals surface area contributed by atoms with E-state index in [0.29, 0.717) is 17.2 Å². The number of rotatable bonds is 2. The van der Waals surface area contributed by atoms with Gasteiger partial charge in [0.2, 0.25) is 0 Å². The molecule has 1 fully saturated rings. The molecule has 0 amide bonds. The smallest absolute Gasteiger partial charge is 0.121 e. The third kappa shape index (κ3) is 2.20. The summed E-state index contributed by atoms with van der Waals surface area (Å²) in [6, 6.07) is 4.81. The van der Waals surface area contributed by atoms with Crippen LogP contribution in [0.3, 0.4) is 0 Å². The van der Waals surface area contributed by atoms with E-state index in [1.54, 1.807) is 0 Å². The van der Waals surface area contributed by atoms with Crippen molar-refractivity contribution in [2.24, 2.45) is 0 Å². The minimum Gasteiger partial charge on any atom is -0.507 e. The lowest BCUT2D eigenvalue weighted by molar-refractivity contribution is 0.466. The van der Waals surface area contributed by atoms with Crippen molar-refractivity contribution < 1.29 is 5.11 Å². The van der Waals surface area contributed by atoms with Crippen LogP contribution in [0.4, 0.5) is 0 Å². The number of hydrogen-bond acceptors (Lipinski definition) is 3. The summed E-state index contributed by atoms with van der Waals surface area (Å²) in [6.07, 6.45) is 1.18. The Labute approximate surface area is 101 Å². The molecule has 0 aliphatic carbocycles. The highest BCUT2D eigenvalue weighted by Crippen LogP contribution is 2.36. The van der Waals surface area contributed by atoms with E-state index in [1.165, 1.54) is 17.7 Å². The van der Waals surface area contributed by atoms with Gasteiger partial charge in [-0.25, -0.2) is 0 Å². The third-order valence-corrected chi connectivity index (χ3v) is 4.50. The standard InChI is InChI=1S/C13H19NOS/c1-4-11-7-16-13(14-11)10-5-8(2)12(15)9(3)6-10/h5-6,11,13-15H,4,7H2,1-3H3. The number of hydrogen-bond donors (Lipinski definition) is 2. The van der Waals surface area contributed by atoms with Crippen LogP contribution in [0.25, 0.3) is 0 Å². The van der Waals surface area contributed by atoms with Crippen molar-refractivity contribution >= 4 is 11.8 Å². The average molecular weight is 237 g/mol. The van der Waals surface area contributed by atoms with Crippen LogP contribution < -0.4 is 5.32 Å². The summed E-state index contributed by atoms with van der Waals surface area (Å²) in [7, 11) is 0. The van der Waals surface area contributed by atoms with Crippen LogP contribution >= 0.6 is 11.8 Å². The molecule has 2 rings (SSSR count). The Morgan fingerprint density at radius 3 is 2.50 bits per heavy atom. The Balaban J connectivity index is 2.22. The molecule has 88 valence electrons. The van der Waals surface area contributed by atoms with E-state index < -0.39 is 0 Å². The predicted molar refractivity (Wildman–Crippen MR) is 70.0 cm³/mol. The van der Waals surface area contributed by atoms with Crippen molar-refractivity contribution in [3.8, 4) is 5.75 Å². The summed E-state index contributed by atoms with van der Waals surface area (Å²) in [5, 5.41) is 13.7. The van der Waals surface area contributed by atoms with E-state index in [2.05, 4.69) is 24.4 Å². The largest absolute Gasteiger partial charge is 0.507 e. The van der Waals surface area contributed by atoms with Crippen molar-refractivity contribution in [1.29, 1.82) is 0 Å². The fourth-order valence-electron chi connectivity index (χ4n) is 2.09. The molecule has 2 atom stereocenters. The van der Waals surface area contributed by atoms with E-state index in [9.17, 15) is 5.11 Å². The van der Waals surface area contributed by atoms with E-state index >= 15 is 0 Å². The van der Waals surface area contributed by atoms with Gasteiger partial charge in [0.05, 0.1) is 5.37 Å². The van der Waals surface area contributed by atoms with Crippen molar-refractivity contribution in [1.82, 2.24) is 5.32 Å². The van der Waals surface area contributed by atoms with Crippen molar-refractivity contribution in [2.75, 3.05) is 5.75 Å². The molecule has 1 aliphatic rings. The zero-order chi connectivity index (χ0) is 11.7. The van der Waals surface area contributed by atoms with Crippen molar-refractivity contribution in [3.05, 3.63) is 28.8 Å². The quantitative estimate of drug-likeness (QED) is 0.829. The summed E-state index contributed by atoms with van der Waals surface area (Å²) in [6.45, 7) is 6.14. The Morgan fingerprint density at radius 1 is 1.38 bits per heavy atom. The van der Waals surface area contributed by atoms with Crippen LogP contribution in [0, 0.1) is 13.8 Å². The molecular formula is C13H19NOS. The fraction of sp³-hybridized carbons (Fsp3) is 0.538. The fourth-order valence-corrected chi connectivity index (χ4v) is 3.47. The van der Waals surface area contributed by atoms with Gasteiger partial charge < -0.3 is 5.11 Å². The van der Waals surface area contributed by atoms with E-state index in [-0.39, 0.29) is 0 Å². The number of thioether (sulfide) groups is 1. The maximum Gasteiger partial charge on any atom is 0.121 e. The number of benzene rings is 1. The summed E-state index contributed by atoms with van der Waals surface area (Å²) < 4.78 is 0. The maximum atomic E-state index is 9.74. The molecule has 1 aromatic rings. The van der Waals surface area contributed by atoms with Gasteiger partial charge in [-0.3, -0.25) is 5.32 Å². The Kier molecular flexibility index (Phi) is 3.45. The Bertz CT molecular complexity index is 369. The summed E-state index contributed by atoms with van der Waals surface area (Å²) in [5.74, 6) is 1.61. The molecule has 0 spiro atoms. The Hall–Kier alpha value is -0.670. The van der Waals surface area contributed by atoms with Gasteiger partial charge in [-0.1, -0.05) is 6.92 Å². The highest BCUT2D eigenvalue weighted by molar-refractivity contribution is 7.99. The molecule has 0 saturated carbocycles. The zero-order valence-corrected chi connectivity index (χ0v) is 10.9. The summed E-state index contributed by atoms with van der Waals surface area (Å²) in [4.78, 5) is 0. The molecule has 2 unspecified atom stereocenters. The number of phenolic OH excluding ortho intramolecular Hbond substituents is 1. The van der Waals surface area contributed by atoms with Gasteiger partial charge in [0.1, 0.15) is 5.75 Å². The molecule has 2 N–H and O–H groups in total. The second-order valence-electron chi connectivity index (χ2n) is 4.49. The number of phenols is 1. The average Bonchev–Trinajstić information content (AvgIpc) is 2.73. The molecular weight excluding hydrogens is 218 g/mol. The number of nitrogens with one attached hydrogen (secondary N) is 1. The third-order valence-electron chi connectivity index (χ3n) is 3.16. The van der Waals surface area contributed by atoms with Crippen molar-refractivity contribution in [2.45, 2.75) is 38.6 Å². The van der Waals surface area contributed by atoms with E-state index in [0.717, 1.165) is 11.1 Å². The molecule has 1 saturated heterocycles. The topological polar surface area (TPSA) is 32.3 Å². The molecule has 16 heavy (non-hydrogen) atoms. The number of aromatic hydroxyl groups is 1. The molecule has 1 aliphatic heterocycles. The summed E-state index contributed by atoms with van der Waals surface area (Å²) in [5.41, 5.74) is 3.23. The molecule has 0 radical (unpaired) electrons. The van der Waals surface area contributed by atoms with Gasteiger partial charge in [-0.15, -0.1) is 11.8 Å². The summed E-state index contributed by atoms with van der Waals surface area (Å²) >= 11 is 1.96. The van der Waals surface area contributed by atoms with Gasteiger partial charge in [0, 0.05) is 11.8 Å². The van der Waals surface area contributed by atoms with Crippen molar-refractivity contribution in [3.63, 3.8) is 0 Å². The van der Waals surface area contributed by atoms with Crippen LogP contribution in [0.15, 0.2) is 12.1 Å². The van der Waals surface area contributed by atoms with Crippen LogP contribution in [0.1, 0.15) is 35.4 Å². The minimum atomic E-state index is 0.392. The van der Waals surface area contributed by atoms with Crippen LogP contribution in [-0.4, -0.2) is 16.9 Å². The van der Waals surface area contributed by atoms with Gasteiger partial charge >= 0.3 is 0 Å². The second kappa shape index (κ2) is 4.68. The van der Waals surface area contributed by atoms with E-state index in [1.807, 2.05) is 25.6 Å². The van der Waals surface area contributed by atoms with Crippen LogP contribution in [0.2, 0.25) is 0 Å².